The highest BCUT2D eigenvalue weighted by atomic mass is 35.5. The molecule has 0 saturated heterocycles. The van der Waals surface area contributed by atoms with Crippen LogP contribution in [0.4, 0.5) is 0 Å². The number of nitrogens with zero attached hydrogens (tertiary/aromatic N) is 3. The molecule has 31 heavy (non-hydrogen) atoms. The van der Waals surface area contributed by atoms with Crippen molar-refractivity contribution in [2.75, 3.05) is 13.2 Å². The first-order chi connectivity index (χ1) is 15.0. The topological polar surface area (TPSA) is 63.4 Å². The molecular formula is C23H23ClN4O2S. The fourth-order valence-electron chi connectivity index (χ4n) is 3.69. The van der Waals surface area contributed by atoms with Gasteiger partial charge in [0.2, 0.25) is 5.82 Å². The number of ether oxygens (including phenoxy) is 1. The smallest absolute Gasteiger partial charge is 0.258 e. The van der Waals surface area contributed by atoms with Gasteiger partial charge >= 0.3 is 0 Å². The highest BCUT2D eigenvalue weighted by molar-refractivity contribution is 7.80. The first-order valence-electron chi connectivity index (χ1n) is 10.1. The van der Waals surface area contributed by atoms with Gasteiger partial charge in [-0.3, -0.25) is 0 Å². The molecule has 0 bridgehead atoms. The minimum atomic E-state index is -0.223. The van der Waals surface area contributed by atoms with Crippen LogP contribution in [0.15, 0.2) is 58.8 Å². The van der Waals surface area contributed by atoms with Gasteiger partial charge in [-0.1, -0.05) is 41.0 Å². The summed E-state index contributed by atoms with van der Waals surface area (Å²) in [6.07, 6.45) is 0. The van der Waals surface area contributed by atoms with Gasteiger partial charge in [0.15, 0.2) is 5.11 Å². The maximum Gasteiger partial charge on any atom is 0.258 e. The molecule has 4 rings (SSSR count). The highest BCUT2D eigenvalue weighted by Crippen LogP contribution is 2.37. The van der Waals surface area contributed by atoms with E-state index in [9.17, 15) is 0 Å². The Labute approximate surface area is 191 Å². The van der Waals surface area contributed by atoms with Crippen LogP contribution in [0.25, 0.3) is 17.0 Å². The lowest BCUT2D eigenvalue weighted by atomic mass is 9.94. The van der Waals surface area contributed by atoms with Crippen LogP contribution in [-0.4, -0.2) is 33.3 Å². The number of thiocarbonyl (C=S) groups is 1. The monoisotopic (exact) mass is 454 g/mol. The summed E-state index contributed by atoms with van der Waals surface area (Å²) in [5.74, 6) is 1.75. The molecule has 8 heteroatoms. The molecule has 1 aliphatic heterocycles. The molecular weight excluding hydrogens is 432 g/mol. The summed E-state index contributed by atoms with van der Waals surface area (Å²) in [6, 6.07) is 15.1. The molecule has 1 aromatic heterocycles. The summed E-state index contributed by atoms with van der Waals surface area (Å²) < 4.78 is 11.3. The number of hydrogen-bond acceptors (Lipinski definition) is 5. The molecule has 2 heterocycles. The van der Waals surface area contributed by atoms with Crippen LogP contribution in [-0.2, 0) is 0 Å². The Bertz CT molecular complexity index is 1130. The van der Waals surface area contributed by atoms with Crippen LogP contribution in [0.3, 0.4) is 0 Å². The van der Waals surface area contributed by atoms with Gasteiger partial charge < -0.3 is 19.5 Å². The Morgan fingerprint density at radius 2 is 1.97 bits per heavy atom. The van der Waals surface area contributed by atoms with E-state index in [1.165, 1.54) is 0 Å². The molecule has 0 radical (unpaired) electrons. The van der Waals surface area contributed by atoms with Crippen LogP contribution in [0.2, 0.25) is 5.02 Å². The number of nitrogens with one attached hydrogen (secondary N) is 1. The summed E-state index contributed by atoms with van der Waals surface area (Å²) >= 11 is 11.8. The minimum absolute atomic E-state index is 0.223. The number of benzene rings is 2. The van der Waals surface area contributed by atoms with E-state index in [-0.39, 0.29) is 6.04 Å². The van der Waals surface area contributed by atoms with Crippen molar-refractivity contribution in [3.8, 4) is 17.1 Å². The van der Waals surface area contributed by atoms with Gasteiger partial charge in [-0.2, -0.15) is 4.98 Å². The zero-order valence-electron chi connectivity index (χ0n) is 17.6. The van der Waals surface area contributed by atoms with Crippen molar-refractivity contribution in [3.63, 3.8) is 0 Å². The Hall–Kier alpha value is -2.90. The number of aromatic nitrogens is 2. The Kier molecular flexibility index (Phi) is 6.25. The van der Waals surface area contributed by atoms with E-state index in [2.05, 4.69) is 22.4 Å². The average Bonchev–Trinajstić information content (AvgIpc) is 3.24. The van der Waals surface area contributed by atoms with Gasteiger partial charge in [-0.15, -0.1) is 0 Å². The predicted octanol–water partition coefficient (Wildman–Crippen LogP) is 5.47. The van der Waals surface area contributed by atoms with E-state index in [0.717, 1.165) is 34.7 Å². The number of allylic oxidation sites excluding steroid dienone is 1. The number of rotatable bonds is 6. The highest BCUT2D eigenvalue weighted by Gasteiger charge is 2.33. The summed E-state index contributed by atoms with van der Waals surface area (Å²) in [6.45, 7) is 7.39. The van der Waals surface area contributed by atoms with Gasteiger partial charge in [0.25, 0.3) is 5.89 Å². The Balaban J connectivity index is 1.77. The fourth-order valence-corrected chi connectivity index (χ4v) is 4.26. The van der Waals surface area contributed by atoms with Crippen molar-refractivity contribution in [1.29, 1.82) is 0 Å². The lowest BCUT2D eigenvalue weighted by Gasteiger charge is -2.36. The lowest BCUT2D eigenvalue weighted by molar-refractivity contribution is 0.340. The standard InChI is InChI=1S/C23H23ClN4O2S/c1-4-28-14(3)19(22-26-21(27-30-22)16-7-6-8-17(24)13-16)20(25-23(28)31)15-9-11-18(12-10-15)29-5-2/h6-13,20H,4-5H2,1-3H3,(H,25,31). The van der Waals surface area contributed by atoms with E-state index in [1.807, 2.05) is 67.3 Å². The minimum Gasteiger partial charge on any atom is -0.494 e. The summed E-state index contributed by atoms with van der Waals surface area (Å²) in [5.41, 5.74) is 3.69. The van der Waals surface area contributed by atoms with Crippen molar-refractivity contribution < 1.29 is 9.26 Å². The molecule has 160 valence electrons. The molecule has 0 fully saturated rings. The van der Waals surface area contributed by atoms with Crippen molar-refractivity contribution >= 4 is 34.5 Å². The third kappa shape index (κ3) is 4.29. The average molecular weight is 455 g/mol. The molecule has 1 N–H and O–H groups in total. The van der Waals surface area contributed by atoms with Crippen molar-refractivity contribution in [2.24, 2.45) is 0 Å². The first kappa shape index (κ1) is 21.3. The lowest BCUT2D eigenvalue weighted by Crippen LogP contribution is -2.45. The van der Waals surface area contributed by atoms with Gasteiger partial charge in [-0.25, -0.2) is 0 Å². The Morgan fingerprint density at radius 1 is 1.19 bits per heavy atom. The molecule has 2 aromatic carbocycles. The molecule has 0 saturated carbocycles. The van der Waals surface area contributed by atoms with Gasteiger partial charge in [0.05, 0.1) is 18.2 Å². The number of hydrogen-bond donors (Lipinski definition) is 1. The van der Waals surface area contributed by atoms with E-state index >= 15 is 0 Å². The largest absolute Gasteiger partial charge is 0.494 e. The zero-order valence-corrected chi connectivity index (χ0v) is 19.1. The van der Waals surface area contributed by atoms with E-state index in [0.29, 0.717) is 28.5 Å². The second-order valence-electron chi connectivity index (χ2n) is 7.06. The SMILES string of the molecule is CCOc1ccc(C2NC(=S)N(CC)C(C)=C2c2nc(-c3cccc(Cl)c3)no2)cc1. The summed E-state index contributed by atoms with van der Waals surface area (Å²) in [4.78, 5) is 6.71. The summed E-state index contributed by atoms with van der Waals surface area (Å²) in [7, 11) is 0. The normalized spacial score (nSPS) is 16.5. The molecule has 6 nitrogen and oxygen atoms in total. The quantitative estimate of drug-likeness (QED) is 0.495. The fraction of sp³-hybridized carbons (Fsp3) is 0.261. The second-order valence-corrected chi connectivity index (χ2v) is 7.88. The maximum atomic E-state index is 6.13. The Morgan fingerprint density at radius 3 is 2.65 bits per heavy atom. The third-order valence-electron chi connectivity index (χ3n) is 5.18. The first-order valence-corrected chi connectivity index (χ1v) is 10.9. The van der Waals surface area contributed by atoms with Gasteiger partial charge in [0.1, 0.15) is 5.75 Å². The molecule has 0 spiro atoms. The molecule has 3 aromatic rings. The van der Waals surface area contributed by atoms with Gasteiger partial charge in [0, 0.05) is 22.8 Å². The van der Waals surface area contributed by atoms with E-state index in [1.54, 1.807) is 0 Å². The van der Waals surface area contributed by atoms with Crippen molar-refractivity contribution in [3.05, 3.63) is 70.7 Å². The third-order valence-corrected chi connectivity index (χ3v) is 5.75. The van der Waals surface area contributed by atoms with Crippen LogP contribution in [0.1, 0.15) is 38.3 Å². The van der Waals surface area contributed by atoms with Gasteiger partial charge in [-0.05, 0) is 62.8 Å². The maximum absolute atomic E-state index is 6.13. The zero-order chi connectivity index (χ0) is 22.0. The van der Waals surface area contributed by atoms with E-state index in [4.69, 9.17) is 33.1 Å². The molecule has 1 atom stereocenters. The molecule has 0 aliphatic carbocycles. The van der Waals surface area contributed by atoms with Crippen molar-refractivity contribution in [1.82, 2.24) is 20.4 Å². The number of halogens is 1. The molecule has 1 unspecified atom stereocenters. The van der Waals surface area contributed by atoms with Crippen molar-refractivity contribution in [2.45, 2.75) is 26.8 Å². The molecule has 0 amide bonds. The van der Waals surface area contributed by atoms with Crippen LogP contribution in [0, 0.1) is 0 Å². The van der Waals surface area contributed by atoms with Crippen LogP contribution < -0.4 is 10.1 Å². The van der Waals surface area contributed by atoms with E-state index < -0.39 is 0 Å². The second kappa shape index (κ2) is 9.08. The van der Waals surface area contributed by atoms with Crippen LogP contribution in [0.5, 0.6) is 5.75 Å². The van der Waals surface area contributed by atoms with Crippen LogP contribution >= 0.6 is 23.8 Å². The summed E-state index contributed by atoms with van der Waals surface area (Å²) in [5, 5.41) is 8.91. The predicted molar refractivity (Wildman–Crippen MR) is 126 cm³/mol. The molecule has 1 aliphatic rings.